The van der Waals surface area contributed by atoms with E-state index in [0.29, 0.717) is 31.1 Å². The second-order valence-electron chi connectivity index (χ2n) is 8.29. The molecule has 1 fully saturated rings. The molecule has 0 saturated carbocycles. The van der Waals surface area contributed by atoms with Crippen LogP contribution in [0.15, 0.2) is 64.5 Å². The highest BCUT2D eigenvalue weighted by Crippen LogP contribution is 2.31. The van der Waals surface area contributed by atoms with Gasteiger partial charge in [-0.05, 0) is 49.4 Å². The third-order valence-electron chi connectivity index (χ3n) is 6.40. The molecule has 0 radical (unpaired) electrons. The normalized spacial score (nSPS) is 14.6. The average molecular weight is 495 g/mol. The zero-order valence-electron chi connectivity index (χ0n) is 19.1. The Morgan fingerprint density at radius 1 is 1.21 bits per heavy atom. The Hall–Kier alpha value is -3.04. The first-order chi connectivity index (χ1) is 16.6. The minimum atomic E-state index is 0.00240. The maximum Gasteiger partial charge on any atom is 0.309 e. The van der Waals surface area contributed by atoms with Crippen LogP contribution in [0.25, 0.3) is 10.2 Å². The Labute approximate surface area is 206 Å². The van der Waals surface area contributed by atoms with Crippen LogP contribution in [-0.2, 0) is 6.67 Å². The van der Waals surface area contributed by atoms with Gasteiger partial charge in [0.15, 0.2) is 0 Å². The highest BCUT2D eigenvalue weighted by atomic mass is 32.2. The molecule has 2 aromatic carbocycles. The lowest BCUT2D eigenvalue weighted by Crippen LogP contribution is -2.38. The van der Waals surface area contributed by atoms with E-state index < -0.39 is 0 Å². The Bertz CT molecular complexity index is 1380. The molecular weight excluding hydrogens is 468 g/mol. The van der Waals surface area contributed by atoms with E-state index in [-0.39, 0.29) is 16.7 Å². The molecule has 0 bridgehead atoms. The van der Waals surface area contributed by atoms with Crippen molar-refractivity contribution in [1.29, 1.82) is 0 Å². The molecular formula is C25H26N4O3S2. The van der Waals surface area contributed by atoms with Crippen LogP contribution < -0.4 is 9.61 Å². The van der Waals surface area contributed by atoms with Crippen molar-refractivity contribution >= 4 is 39.2 Å². The first-order valence-corrected chi connectivity index (χ1v) is 13.2. The summed E-state index contributed by atoms with van der Waals surface area (Å²) in [6, 6.07) is 13.6. The van der Waals surface area contributed by atoms with E-state index in [2.05, 4.69) is 9.55 Å². The van der Waals surface area contributed by atoms with Crippen LogP contribution in [0.2, 0.25) is 0 Å². The number of amides is 1. The molecule has 0 aliphatic carbocycles. The van der Waals surface area contributed by atoms with Crippen LogP contribution in [0.1, 0.15) is 34.9 Å². The quantitative estimate of drug-likeness (QED) is 0.369. The molecule has 3 heterocycles. The van der Waals surface area contributed by atoms with E-state index in [0.717, 1.165) is 33.8 Å². The second kappa shape index (κ2) is 9.68. The van der Waals surface area contributed by atoms with Gasteiger partial charge < -0.3 is 14.2 Å². The third-order valence-corrected chi connectivity index (χ3v) is 8.09. The molecule has 0 unspecified atom stereocenters. The van der Waals surface area contributed by atoms with Crippen LogP contribution in [0.5, 0.6) is 5.75 Å². The molecule has 1 aliphatic rings. The molecule has 176 valence electrons. The maximum atomic E-state index is 13.2. The molecule has 4 aromatic rings. The van der Waals surface area contributed by atoms with Crippen LogP contribution in [-0.4, -0.2) is 51.4 Å². The van der Waals surface area contributed by atoms with Crippen molar-refractivity contribution in [3.05, 3.63) is 75.9 Å². The number of aromatic nitrogens is 3. The number of hydrogen-bond acceptors (Lipinski definition) is 6. The van der Waals surface area contributed by atoms with Crippen molar-refractivity contribution in [2.24, 2.45) is 0 Å². The summed E-state index contributed by atoms with van der Waals surface area (Å²) in [5.74, 6) is 1.82. The van der Waals surface area contributed by atoms with Gasteiger partial charge in [-0.25, -0.2) is 4.98 Å². The minimum Gasteiger partial charge on any atom is -0.496 e. The summed E-state index contributed by atoms with van der Waals surface area (Å²) in [7, 11) is 1.60. The van der Waals surface area contributed by atoms with Gasteiger partial charge in [-0.2, -0.15) is 0 Å². The molecule has 7 nitrogen and oxygen atoms in total. The summed E-state index contributed by atoms with van der Waals surface area (Å²) in [4.78, 5) is 33.4. The molecule has 1 aliphatic heterocycles. The van der Waals surface area contributed by atoms with E-state index >= 15 is 0 Å². The topological polar surface area (TPSA) is 69.4 Å². The van der Waals surface area contributed by atoms with E-state index in [1.807, 2.05) is 59.8 Å². The Kier molecular flexibility index (Phi) is 6.47. The number of carbonyl (C=O) groups is 1. The molecule has 2 aromatic heterocycles. The van der Waals surface area contributed by atoms with E-state index in [9.17, 15) is 9.59 Å². The molecule has 9 heteroatoms. The van der Waals surface area contributed by atoms with Gasteiger partial charge in [-0.15, -0.1) is 11.8 Å². The number of fused-ring (bicyclic) bond motifs is 1. The van der Waals surface area contributed by atoms with Gasteiger partial charge in [0.2, 0.25) is 0 Å². The fourth-order valence-corrected chi connectivity index (χ4v) is 5.90. The number of para-hydroxylation sites is 1. The molecule has 1 amide bonds. The summed E-state index contributed by atoms with van der Waals surface area (Å²) in [5.41, 5.74) is 1.54. The van der Waals surface area contributed by atoms with Gasteiger partial charge in [-0.1, -0.05) is 23.5 Å². The average Bonchev–Trinajstić information content (AvgIpc) is 3.47. The van der Waals surface area contributed by atoms with Crippen LogP contribution in [0, 0.1) is 0 Å². The molecule has 0 N–H and O–H groups in total. The zero-order chi connectivity index (χ0) is 23.7. The number of hydrogen-bond donors (Lipinski definition) is 0. The first kappa shape index (κ1) is 22.7. The van der Waals surface area contributed by atoms with E-state index in [1.54, 1.807) is 29.6 Å². The number of rotatable bonds is 6. The Balaban J connectivity index is 1.30. The van der Waals surface area contributed by atoms with Crippen LogP contribution >= 0.6 is 23.1 Å². The van der Waals surface area contributed by atoms with Gasteiger partial charge in [0.25, 0.3) is 5.91 Å². The Morgan fingerprint density at radius 3 is 2.76 bits per heavy atom. The van der Waals surface area contributed by atoms with Crippen LogP contribution in [0.4, 0.5) is 0 Å². The number of piperidine rings is 1. The van der Waals surface area contributed by atoms with Gasteiger partial charge in [0, 0.05) is 36.3 Å². The lowest BCUT2D eigenvalue weighted by molar-refractivity contribution is 0.0706. The highest BCUT2D eigenvalue weighted by Gasteiger charge is 2.28. The largest absolute Gasteiger partial charge is 0.496 e. The summed E-state index contributed by atoms with van der Waals surface area (Å²) in [6.45, 7) is 1.76. The number of thiazole rings is 1. The summed E-state index contributed by atoms with van der Waals surface area (Å²) < 4.78 is 10.3. The fourth-order valence-electron chi connectivity index (χ4n) is 4.59. The van der Waals surface area contributed by atoms with Crippen molar-refractivity contribution < 1.29 is 9.53 Å². The number of thioether (sulfide) groups is 1. The molecule has 0 atom stereocenters. The molecule has 1 saturated heterocycles. The number of imidazole rings is 1. The monoisotopic (exact) mass is 494 g/mol. The van der Waals surface area contributed by atoms with Gasteiger partial charge in [-0.3, -0.25) is 14.2 Å². The van der Waals surface area contributed by atoms with Crippen molar-refractivity contribution in [1.82, 2.24) is 19.0 Å². The number of benzene rings is 2. The lowest BCUT2D eigenvalue weighted by Gasteiger charge is -2.32. The van der Waals surface area contributed by atoms with Crippen molar-refractivity contribution in [2.75, 3.05) is 26.5 Å². The number of ether oxygens (including phenoxy) is 1. The van der Waals surface area contributed by atoms with E-state index in [1.165, 1.54) is 11.3 Å². The number of carbonyl (C=O) groups excluding carboxylic acids is 1. The summed E-state index contributed by atoms with van der Waals surface area (Å²) >= 11 is 2.89. The van der Waals surface area contributed by atoms with Crippen LogP contribution in [0.3, 0.4) is 0 Å². The lowest BCUT2D eigenvalue weighted by atomic mass is 9.95. The van der Waals surface area contributed by atoms with Crippen molar-refractivity contribution in [3.8, 4) is 5.75 Å². The number of nitrogens with zero attached hydrogens (tertiary/aromatic N) is 4. The van der Waals surface area contributed by atoms with Gasteiger partial charge in [0.05, 0.1) is 22.9 Å². The smallest absolute Gasteiger partial charge is 0.309 e. The standard InChI is InChI=1S/C25H26N4O3S2/c1-32-21-15-18(33-2)7-8-19(21)24(30)27-12-9-17(10-13-27)23-26-11-14-28(23)16-29-20-5-3-4-6-22(20)34-25(29)31/h3-8,11,14-15,17H,9-10,12-13,16H2,1-2H3. The zero-order valence-corrected chi connectivity index (χ0v) is 20.8. The molecule has 34 heavy (non-hydrogen) atoms. The molecule has 5 rings (SSSR count). The number of likely N-dealkylation sites (tertiary alicyclic amines) is 1. The summed E-state index contributed by atoms with van der Waals surface area (Å²) in [5, 5.41) is 0. The summed E-state index contributed by atoms with van der Waals surface area (Å²) in [6.07, 6.45) is 7.39. The predicted octanol–water partition coefficient (Wildman–Crippen LogP) is 4.52. The van der Waals surface area contributed by atoms with Crippen molar-refractivity contribution in [2.45, 2.75) is 30.3 Å². The first-order valence-electron chi connectivity index (χ1n) is 11.2. The number of methoxy groups -OCH3 is 1. The van der Waals surface area contributed by atoms with Gasteiger partial charge >= 0.3 is 4.87 Å². The highest BCUT2D eigenvalue weighted by molar-refractivity contribution is 7.98. The fraction of sp³-hybridized carbons (Fsp3) is 0.320. The second-order valence-corrected chi connectivity index (χ2v) is 10.2. The van der Waals surface area contributed by atoms with Crippen molar-refractivity contribution in [3.63, 3.8) is 0 Å². The predicted molar refractivity (Wildman–Crippen MR) is 136 cm³/mol. The Morgan fingerprint density at radius 2 is 2.00 bits per heavy atom. The van der Waals surface area contributed by atoms with Gasteiger partial charge in [0.1, 0.15) is 18.2 Å². The SMILES string of the molecule is COc1cc(SC)ccc1C(=O)N1CCC(c2nccn2Cn2c(=O)sc3ccccc32)CC1. The third kappa shape index (κ3) is 4.25. The van der Waals surface area contributed by atoms with E-state index in [4.69, 9.17) is 4.74 Å². The minimum absolute atomic E-state index is 0.00240. The molecule has 0 spiro atoms. The maximum absolute atomic E-state index is 13.2.